The van der Waals surface area contributed by atoms with E-state index in [0.29, 0.717) is 18.2 Å². The highest BCUT2D eigenvalue weighted by Gasteiger charge is 2.17. The molecule has 0 amide bonds. The number of aromatic nitrogens is 1. The summed E-state index contributed by atoms with van der Waals surface area (Å²) in [5, 5.41) is 5.84. The van der Waals surface area contributed by atoms with Crippen LogP contribution in [-0.4, -0.2) is 31.0 Å². The minimum Gasteiger partial charge on any atom is -0.378 e. The Balaban J connectivity index is 1.83. The van der Waals surface area contributed by atoms with Gasteiger partial charge in [-0.2, -0.15) is 0 Å². The fourth-order valence-corrected chi connectivity index (χ4v) is 4.03. The van der Waals surface area contributed by atoms with Gasteiger partial charge in [-0.25, -0.2) is 9.67 Å². The predicted octanol–water partition coefficient (Wildman–Crippen LogP) is 4.72. The van der Waals surface area contributed by atoms with E-state index >= 15 is 0 Å². The van der Waals surface area contributed by atoms with Crippen molar-refractivity contribution in [3.05, 3.63) is 68.8 Å². The van der Waals surface area contributed by atoms with Crippen LogP contribution in [0.25, 0.3) is 11.3 Å². The van der Waals surface area contributed by atoms with Crippen LogP contribution in [0.1, 0.15) is 0 Å². The molecule has 4 rings (SSSR count). The molecule has 4 nitrogen and oxygen atoms in total. The van der Waals surface area contributed by atoms with Crippen molar-refractivity contribution in [2.75, 3.05) is 31.3 Å². The van der Waals surface area contributed by atoms with Gasteiger partial charge in [0.05, 0.1) is 37.7 Å². The summed E-state index contributed by atoms with van der Waals surface area (Å²) in [4.78, 5) is 5.75. The molecule has 0 saturated carbocycles. The highest BCUT2D eigenvalue weighted by atomic mass is 35.5. The summed E-state index contributed by atoms with van der Waals surface area (Å²) in [6.07, 6.45) is 0. The smallest absolute Gasteiger partial charge is 0.209 e. The van der Waals surface area contributed by atoms with Gasteiger partial charge >= 0.3 is 0 Å². The van der Waals surface area contributed by atoms with Crippen molar-refractivity contribution in [3.8, 4) is 11.3 Å². The van der Waals surface area contributed by atoms with E-state index in [9.17, 15) is 0 Å². The fourth-order valence-electron chi connectivity index (χ4n) is 2.85. The normalized spacial score (nSPS) is 15.5. The molecule has 1 aliphatic rings. The molecule has 134 valence electrons. The van der Waals surface area contributed by atoms with Crippen molar-refractivity contribution >= 4 is 40.2 Å². The second kappa shape index (κ2) is 7.84. The first-order valence-corrected chi connectivity index (χ1v) is 9.94. The summed E-state index contributed by atoms with van der Waals surface area (Å²) in [7, 11) is 0. The van der Waals surface area contributed by atoms with Crippen LogP contribution < -0.4 is 9.81 Å². The van der Waals surface area contributed by atoms with Gasteiger partial charge in [-0.15, -0.1) is 11.3 Å². The number of morpholine rings is 1. The molecule has 0 radical (unpaired) electrons. The lowest BCUT2D eigenvalue weighted by atomic mass is 10.2. The predicted molar refractivity (Wildman–Crippen MR) is 108 cm³/mol. The zero-order valence-corrected chi connectivity index (χ0v) is 16.3. The van der Waals surface area contributed by atoms with E-state index in [1.165, 1.54) is 0 Å². The average Bonchev–Trinajstić information content (AvgIpc) is 3.08. The summed E-state index contributed by atoms with van der Waals surface area (Å²) in [5.41, 5.74) is 3.08. The largest absolute Gasteiger partial charge is 0.378 e. The van der Waals surface area contributed by atoms with Gasteiger partial charge in [-0.05, 0) is 36.4 Å². The number of benzene rings is 2. The molecule has 0 atom stereocenters. The van der Waals surface area contributed by atoms with E-state index in [2.05, 4.69) is 15.1 Å². The first kappa shape index (κ1) is 17.6. The van der Waals surface area contributed by atoms with E-state index in [4.69, 9.17) is 32.9 Å². The van der Waals surface area contributed by atoms with Crippen LogP contribution >= 0.6 is 34.5 Å². The van der Waals surface area contributed by atoms with Gasteiger partial charge < -0.3 is 9.75 Å². The molecule has 2 aromatic carbocycles. The Hall–Kier alpha value is -1.79. The van der Waals surface area contributed by atoms with Crippen molar-refractivity contribution in [2.24, 2.45) is 4.99 Å². The van der Waals surface area contributed by atoms with Crippen molar-refractivity contribution in [1.82, 2.24) is 4.68 Å². The zero-order valence-electron chi connectivity index (χ0n) is 13.9. The molecule has 3 aromatic rings. The Morgan fingerprint density at radius 3 is 2.15 bits per heavy atom. The van der Waals surface area contributed by atoms with E-state index in [1.807, 2.05) is 48.5 Å². The molecule has 0 spiro atoms. The lowest BCUT2D eigenvalue weighted by Gasteiger charge is -2.31. The molecular formula is C19H17Cl2N3OS. The second-order valence-electron chi connectivity index (χ2n) is 5.88. The van der Waals surface area contributed by atoms with Crippen molar-refractivity contribution < 1.29 is 4.74 Å². The van der Waals surface area contributed by atoms with Crippen LogP contribution in [0, 0.1) is 0 Å². The van der Waals surface area contributed by atoms with Gasteiger partial charge in [0.1, 0.15) is 0 Å². The van der Waals surface area contributed by atoms with Gasteiger partial charge in [0, 0.05) is 21.0 Å². The molecule has 1 aliphatic heterocycles. The molecule has 0 N–H and O–H groups in total. The molecule has 0 unspecified atom stereocenters. The summed E-state index contributed by atoms with van der Waals surface area (Å²) in [6.45, 7) is 3.07. The maximum atomic E-state index is 6.05. The third-order valence-electron chi connectivity index (χ3n) is 4.15. The van der Waals surface area contributed by atoms with Gasteiger partial charge in [0.2, 0.25) is 4.80 Å². The summed E-state index contributed by atoms with van der Waals surface area (Å²) >= 11 is 13.7. The fraction of sp³-hybridized carbons (Fsp3) is 0.211. The first-order chi connectivity index (χ1) is 12.7. The van der Waals surface area contributed by atoms with Crippen LogP contribution in [0.4, 0.5) is 5.69 Å². The number of ether oxygens (including phenoxy) is 1. The quantitative estimate of drug-likeness (QED) is 0.630. The second-order valence-corrected chi connectivity index (χ2v) is 7.59. The Kier molecular flexibility index (Phi) is 5.31. The van der Waals surface area contributed by atoms with E-state index in [-0.39, 0.29) is 0 Å². The van der Waals surface area contributed by atoms with Crippen LogP contribution in [0.2, 0.25) is 10.0 Å². The highest BCUT2D eigenvalue weighted by Crippen LogP contribution is 2.24. The van der Waals surface area contributed by atoms with Gasteiger partial charge in [0.25, 0.3) is 0 Å². The lowest BCUT2D eigenvalue weighted by molar-refractivity contribution is 0.111. The van der Waals surface area contributed by atoms with Crippen LogP contribution in [-0.2, 0) is 4.74 Å². The summed E-state index contributed by atoms with van der Waals surface area (Å²) < 4.78 is 7.70. The Labute approximate surface area is 165 Å². The van der Waals surface area contributed by atoms with Crippen molar-refractivity contribution in [3.63, 3.8) is 0 Å². The maximum absolute atomic E-state index is 6.05. The zero-order chi connectivity index (χ0) is 17.9. The minimum atomic E-state index is 0.707. The van der Waals surface area contributed by atoms with Crippen LogP contribution in [0.3, 0.4) is 0 Å². The molecule has 26 heavy (non-hydrogen) atoms. The number of nitrogens with zero attached hydrogens (tertiary/aromatic N) is 3. The van der Waals surface area contributed by atoms with Crippen LogP contribution in [0.15, 0.2) is 58.9 Å². The van der Waals surface area contributed by atoms with Crippen LogP contribution in [0.5, 0.6) is 0 Å². The van der Waals surface area contributed by atoms with E-state index in [1.54, 1.807) is 11.3 Å². The SMILES string of the molecule is Clc1ccc(N=c2scc(-c3ccc(Cl)cc3)n2N2CCOCC2)cc1. The molecule has 1 aromatic heterocycles. The molecule has 1 saturated heterocycles. The van der Waals surface area contributed by atoms with E-state index < -0.39 is 0 Å². The standard InChI is InChI=1S/C19H17Cl2N3OS/c20-15-3-1-14(2-4-15)18-13-26-19(22-17-7-5-16(21)6-8-17)24(18)23-9-11-25-12-10-23/h1-8,13H,9-12H2. The topological polar surface area (TPSA) is 29.8 Å². The Bertz CT molecular complexity index is 942. The Morgan fingerprint density at radius 1 is 0.885 bits per heavy atom. The summed E-state index contributed by atoms with van der Waals surface area (Å²) in [6, 6.07) is 15.4. The molecule has 2 heterocycles. The van der Waals surface area contributed by atoms with Crippen molar-refractivity contribution in [2.45, 2.75) is 0 Å². The molecule has 0 bridgehead atoms. The minimum absolute atomic E-state index is 0.707. The highest BCUT2D eigenvalue weighted by molar-refractivity contribution is 7.07. The van der Waals surface area contributed by atoms with Gasteiger partial charge in [-0.3, -0.25) is 0 Å². The number of hydrogen-bond donors (Lipinski definition) is 0. The number of rotatable bonds is 3. The number of hydrogen-bond acceptors (Lipinski definition) is 4. The monoisotopic (exact) mass is 405 g/mol. The average molecular weight is 406 g/mol. The van der Waals surface area contributed by atoms with Crippen molar-refractivity contribution in [1.29, 1.82) is 0 Å². The molecular weight excluding hydrogens is 389 g/mol. The van der Waals surface area contributed by atoms with Gasteiger partial charge in [-0.1, -0.05) is 35.3 Å². The summed E-state index contributed by atoms with van der Waals surface area (Å²) in [5.74, 6) is 0. The molecule has 0 aliphatic carbocycles. The maximum Gasteiger partial charge on any atom is 0.209 e. The first-order valence-electron chi connectivity index (χ1n) is 8.30. The molecule has 1 fully saturated rings. The third-order valence-corrected chi connectivity index (χ3v) is 5.47. The third kappa shape index (κ3) is 3.81. The molecule has 7 heteroatoms. The van der Waals surface area contributed by atoms with Gasteiger partial charge in [0.15, 0.2) is 0 Å². The number of halogens is 2. The number of thiazole rings is 1. The lowest BCUT2D eigenvalue weighted by Crippen LogP contribution is -2.48. The Morgan fingerprint density at radius 2 is 1.50 bits per heavy atom. The van der Waals surface area contributed by atoms with E-state index in [0.717, 1.165) is 39.9 Å².